The maximum absolute atomic E-state index is 12.9. The molecule has 27 heavy (non-hydrogen) atoms. The van der Waals surface area contributed by atoms with Crippen molar-refractivity contribution in [2.75, 3.05) is 0 Å². The first-order valence-corrected chi connectivity index (χ1v) is 9.62. The van der Waals surface area contributed by atoms with E-state index in [0.29, 0.717) is 17.3 Å². The van der Waals surface area contributed by atoms with Gasteiger partial charge in [-0.2, -0.15) is 0 Å². The number of carbonyl (C=O) groups is 1. The number of rotatable bonds is 4. The summed E-state index contributed by atoms with van der Waals surface area (Å²) in [6.07, 6.45) is 7.69. The molecule has 0 aliphatic carbocycles. The van der Waals surface area contributed by atoms with Crippen LogP contribution in [0, 0.1) is 0 Å². The molecule has 0 fully saturated rings. The van der Waals surface area contributed by atoms with E-state index < -0.39 is 0 Å². The van der Waals surface area contributed by atoms with Crippen LogP contribution in [0.1, 0.15) is 41.0 Å². The predicted molar refractivity (Wildman–Crippen MR) is 106 cm³/mol. The first-order valence-electron chi connectivity index (χ1n) is 9.25. The molecule has 3 heterocycles. The predicted octanol–water partition coefficient (Wildman–Crippen LogP) is 4.25. The normalized spacial score (nSPS) is 13.7. The summed E-state index contributed by atoms with van der Waals surface area (Å²) in [7, 11) is 0. The van der Waals surface area contributed by atoms with E-state index in [9.17, 15) is 4.79 Å². The summed E-state index contributed by atoms with van der Waals surface area (Å²) in [4.78, 5) is 21.7. The average Bonchev–Trinajstić information content (AvgIpc) is 2.89. The Morgan fingerprint density at radius 2 is 2.00 bits per heavy atom. The fraction of sp³-hybridized carbons (Fsp3) is 0.286. The van der Waals surface area contributed by atoms with Gasteiger partial charge < -0.3 is 9.88 Å². The molecular formula is C21H21ClN4O. The van der Waals surface area contributed by atoms with Crippen molar-refractivity contribution in [2.45, 2.75) is 38.8 Å². The molecule has 2 aromatic heterocycles. The Labute approximate surface area is 163 Å². The van der Waals surface area contributed by atoms with Crippen LogP contribution >= 0.6 is 11.6 Å². The second-order valence-corrected chi connectivity index (χ2v) is 7.18. The molecule has 0 saturated heterocycles. The number of fused-ring (bicyclic) bond motifs is 1. The first kappa shape index (κ1) is 17.7. The summed E-state index contributed by atoms with van der Waals surface area (Å²) in [5, 5.41) is 3.67. The zero-order valence-corrected chi connectivity index (χ0v) is 15.7. The molecule has 1 aromatic carbocycles. The second kappa shape index (κ2) is 7.92. The molecule has 0 spiro atoms. The van der Waals surface area contributed by atoms with Gasteiger partial charge in [-0.05, 0) is 55.2 Å². The maximum atomic E-state index is 12.9. The minimum Gasteiger partial charge on any atom is -0.347 e. The standard InChI is InChI=1S/C21H21ClN4O/c22-17-9-7-16(8-10-17)20-25-19(18-6-2-1-3-12-26(18)20)21(27)24-14-15-5-4-11-23-13-15/h4-5,7-11,13H,1-3,6,12,14H2,(H,24,27). The van der Waals surface area contributed by atoms with Crippen LogP contribution in [0.4, 0.5) is 0 Å². The summed E-state index contributed by atoms with van der Waals surface area (Å²) in [6.45, 7) is 1.32. The molecule has 1 N–H and O–H groups in total. The Balaban J connectivity index is 1.65. The number of carbonyl (C=O) groups excluding carboxylic acids is 1. The molecule has 4 rings (SSSR count). The molecular weight excluding hydrogens is 360 g/mol. The number of nitrogens with zero attached hydrogens (tertiary/aromatic N) is 3. The maximum Gasteiger partial charge on any atom is 0.272 e. The van der Waals surface area contributed by atoms with Crippen LogP contribution in [0.25, 0.3) is 11.4 Å². The lowest BCUT2D eigenvalue weighted by Crippen LogP contribution is -2.24. The molecule has 0 bridgehead atoms. The van der Waals surface area contributed by atoms with Gasteiger partial charge in [-0.15, -0.1) is 0 Å². The number of nitrogens with one attached hydrogen (secondary N) is 1. The molecule has 6 heteroatoms. The minimum atomic E-state index is -0.135. The lowest BCUT2D eigenvalue weighted by molar-refractivity contribution is 0.0945. The summed E-state index contributed by atoms with van der Waals surface area (Å²) in [5.41, 5.74) is 3.51. The van der Waals surface area contributed by atoms with E-state index in [1.54, 1.807) is 12.4 Å². The van der Waals surface area contributed by atoms with Crippen LogP contribution in [-0.4, -0.2) is 20.4 Å². The van der Waals surface area contributed by atoms with Crippen LogP contribution < -0.4 is 5.32 Å². The smallest absolute Gasteiger partial charge is 0.272 e. The van der Waals surface area contributed by atoms with Gasteiger partial charge >= 0.3 is 0 Å². The average molecular weight is 381 g/mol. The van der Waals surface area contributed by atoms with E-state index in [0.717, 1.165) is 48.5 Å². The number of benzene rings is 1. The Kier molecular flexibility index (Phi) is 5.21. The van der Waals surface area contributed by atoms with Crippen LogP contribution in [-0.2, 0) is 19.5 Å². The Bertz CT molecular complexity index is 935. The highest BCUT2D eigenvalue weighted by atomic mass is 35.5. The van der Waals surface area contributed by atoms with Gasteiger partial charge in [-0.3, -0.25) is 9.78 Å². The van der Waals surface area contributed by atoms with Gasteiger partial charge in [0, 0.05) is 36.1 Å². The molecule has 0 unspecified atom stereocenters. The van der Waals surface area contributed by atoms with E-state index >= 15 is 0 Å². The van der Waals surface area contributed by atoms with Crippen molar-refractivity contribution in [1.82, 2.24) is 19.9 Å². The lowest BCUT2D eigenvalue weighted by atomic mass is 10.1. The summed E-state index contributed by atoms with van der Waals surface area (Å²) >= 11 is 6.03. The lowest BCUT2D eigenvalue weighted by Gasteiger charge is -2.09. The molecule has 138 valence electrons. The van der Waals surface area contributed by atoms with Crippen LogP contribution in [0.2, 0.25) is 5.02 Å². The molecule has 1 aliphatic rings. The monoisotopic (exact) mass is 380 g/mol. The van der Waals surface area contributed by atoms with E-state index in [2.05, 4.69) is 14.9 Å². The summed E-state index contributed by atoms with van der Waals surface area (Å²) in [6, 6.07) is 11.4. The molecule has 1 amide bonds. The van der Waals surface area contributed by atoms with Crippen molar-refractivity contribution >= 4 is 17.5 Å². The second-order valence-electron chi connectivity index (χ2n) is 6.74. The SMILES string of the molecule is O=C(NCc1cccnc1)c1nc(-c2ccc(Cl)cc2)n2c1CCCCC2. The van der Waals surface area contributed by atoms with Gasteiger partial charge in [0.15, 0.2) is 0 Å². The minimum absolute atomic E-state index is 0.135. The third kappa shape index (κ3) is 3.88. The van der Waals surface area contributed by atoms with Crippen molar-refractivity contribution in [3.05, 3.63) is 70.8 Å². The molecule has 3 aromatic rings. The first-order chi connectivity index (χ1) is 13.2. The quantitative estimate of drug-likeness (QED) is 0.735. The van der Waals surface area contributed by atoms with Crippen LogP contribution in [0.3, 0.4) is 0 Å². The molecule has 1 aliphatic heterocycles. The van der Waals surface area contributed by atoms with Gasteiger partial charge in [-0.1, -0.05) is 24.1 Å². The number of amides is 1. The Morgan fingerprint density at radius 3 is 2.78 bits per heavy atom. The van der Waals surface area contributed by atoms with Gasteiger partial charge in [-0.25, -0.2) is 4.98 Å². The van der Waals surface area contributed by atoms with Gasteiger partial charge in [0.25, 0.3) is 5.91 Å². The largest absolute Gasteiger partial charge is 0.347 e. The van der Waals surface area contributed by atoms with Crippen molar-refractivity contribution in [3.8, 4) is 11.4 Å². The van der Waals surface area contributed by atoms with Gasteiger partial charge in [0.05, 0.1) is 5.69 Å². The summed E-state index contributed by atoms with van der Waals surface area (Å²) < 4.78 is 2.20. The highest BCUT2D eigenvalue weighted by Gasteiger charge is 2.24. The molecule has 0 atom stereocenters. The van der Waals surface area contributed by atoms with E-state index in [1.165, 1.54) is 6.42 Å². The van der Waals surface area contributed by atoms with E-state index in [1.807, 2.05) is 36.4 Å². The zero-order chi connectivity index (χ0) is 18.6. The molecule has 5 nitrogen and oxygen atoms in total. The molecule has 0 saturated carbocycles. The third-order valence-corrected chi connectivity index (χ3v) is 5.11. The fourth-order valence-electron chi connectivity index (χ4n) is 3.49. The zero-order valence-electron chi connectivity index (χ0n) is 15.0. The number of halogens is 1. The van der Waals surface area contributed by atoms with E-state index in [-0.39, 0.29) is 5.91 Å². The van der Waals surface area contributed by atoms with Crippen molar-refractivity contribution in [3.63, 3.8) is 0 Å². The van der Waals surface area contributed by atoms with Crippen LogP contribution in [0.5, 0.6) is 0 Å². The summed E-state index contributed by atoms with van der Waals surface area (Å²) in [5.74, 6) is 0.708. The number of aromatic nitrogens is 3. The topological polar surface area (TPSA) is 59.8 Å². The Morgan fingerprint density at radius 1 is 1.15 bits per heavy atom. The van der Waals surface area contributed by atoms with Gasteiger partial charge in [0.1, 0.15) is 11.5 Å². The highest BCUT2D eigenvalue weighted by Crippen LogP contribution is 2.28. The van der Waals surface area contributed by atoms with Crippen molar-refractivity contribution in [2.24, 2.45) is 0 Å². The molecule has 0 radical (unpaired) electrons. The van der Waals surface area contributed by atoms with Crippen molar-refractivity contribution < 1.29 is 4.79 Å². The van der Waals surface area contributed by atoms with E-state index in [4.69, 9.17) is 16.6 Å². The number of pyridine rings is 1. The number of hydrogen-bond donors (Lipinski definition) is 1. The van der Waals surface area contributed by atoms with Gasteiger partial charge in [0.2, 0.25) is 0 Å². The number of imidazole rings is 1. The fourth-order valence-corrected chi connectivity index (χ4v) is 3.62. The van der Waals surface area contributed by atoms with Crippen LogP contribution in [0.15, 0.2) is 48.8 Å². The Hall–Kier alpha value is -2.66. The third-order valence-electron chi connectivity index (χ3n) is 4.86. The van der Waals surface area contributed by atoms with Crippen molar-refractivity contribution in [1.29, 1.82) is 0 Å². The number of hydrogen-bond acceptors (Lipinski definition) is 3. The highest BCUT2D eigenvalue weighted by molar-refractivity contribution is 6.30.